The summed E-state index contributed by atoms with van der Waals surface area (Å²) in [5, 5.41) is 0. The van der Waals surface area contributed by atoms with Gasteiger partial charge in [0.05, 0.1) is 5.69 Å². The van der Waals surface area contributed by atoms with Crippen molar-refractivity contribution in [2.75, 3.05) is 10.8 Å². The predicted molar refractivity (Wildman–Crippen MR) is 73.0 cm³/mol. The van der Waals surface area contributed by atoms with Crippen LogP contribution in [0.4, 0.5) is 18.9 Å². The average Bonchev–Trinajstić information content (AvgIpc) is 2.38. The molecule has 0 aromatic heterocycles. The van der Waals surface area contributed by atoms with E-state index in [-0.39, 0.29) is 12.2 Å². The molecule has 0 atom stereocenters. The number of hydrogen-bond donors (Lipinski definition) is 0. The van der Waals surface area contributed by atoms with Crippen LogP contribution in [0.5, 0.6) is 0 Å². The number of sulfonamides is 1. The Morgan fingerprint density at radius 3 is 2.10 bits per heavy atom. The van der Waals surface area contributed by atoms with Crippen molar-refractivity contribution in [2.24, 2.45) is 0 Å². The van der Waals surface area contributed by atoms with Crippen LogP contribution in [0.15, 0.2) is 47.4 Å². The van der Waals surface area contributed by atoms with Gasteiger partial charge in [0, 0.05) is 6.54 Å². The highest BCUT2D eigenvalue weighted by molar-refractivity contribution is 7.92. The molecule has 0 spiro atoms. The fourth-order valence-corrected chi connectivity index (χ4v) is 3.54. The maximum atomic E-state index is 13.7. The van der Waals surface area contributed by atoms with Crippen LogP contribution in [0.2, 0.25) is 0 Å². The van der Waals surface area contributed by atoms with Crippen molar-refractivity contribution in [1.29, 1.82) is 0 Å². The van der Waals surface area contributed by atoms with Gasteiger partial charge in [-0.25, -0.2) is 21.6 Å². The third-order valence-corrected chi connectivity index (χ3v) is 4.81. The SMILES string of the molecule is CCN(c1cccc(F)c1)S(=O)(=O)c1c(F)cccc1F. The number of nitrogens with zero attached hydrogens (tertiary/aromatic N) is 1. The molecule has 0 aliphatic heterocycles. The molecule has 2 aromatic carbocycles. The Morgan fingerprint density at radius 2 is 1.57 bits per heavy atom. The molecular weight excluding hydrogens is 303 g/mol. The predicted octanol–water partition coefficient (Wildman–Crippen LogP) is 3.32. The van der Waals surface area contributed by atoms with E-state index in [0.29, 0.717) is 0 Å². The molecule has 0 radical (unpaired) electrons. The van der Waals surface area contributed by atoms with Gasteiger partial charge in [-0.05, 0) is 37.3 Å². The third kappa shape index (κ3) is 2.87. The lowest BCUT2D eigenvalue weighted by molar-refractivity contribution is 0.518. The Bertz CT molecular complexity index is 742. The molecule has 0 fully saturated rings. The lowest BCUT2D eigenvalue weighted by Crippen LogP contribution is -2.32. The third-order valence-electron chi connectivity index (χ3n) is 2.85. The molecule has 2 aromatic rings. The van der Waals surface area contributed by atoms with E-state index in [4.69, 9.17) is 0 Å². The van der Waals surface area contributed by atoms with E-state index in [1.165, 1.54) is 19.1 Å². The van der Waals surface area contributed by atoms with Crippen LogP contribution >= 0.6 is 0 Å². The van der Waals surface area contributed by atoms with Crippen molar-refractivity contribution in [3.05, 3.63) is 59.9 Å². The molecule has 0 saturated carbocycles. The zero-order valence-electron chi connectivity index (χ0n) is 11.1. The quantitative estimate of drug-likeness (QED) is 0.868. The van der Waals surface area contributed by atoms with Gasteiger partial charge in [0.25, 0.3) is 10.0 Å². The first-order valence-electron chi connectivity index (χ1n) is 6.10. The molecule has 0 saturated heterocycles. The fraction of sp³-hybridized carbons (Fsp3) is 0.143. The van der Waals surface area contributed by atoms with E-state index in [2.05, 4.69) is 0 Å². The summed E-state index contributed by atoms with van der Waals surface area (Å²) in [7, 11) is -4.47. The molecule has 0 aliphatic rings. The lowest BCUT2D eigenvalue weighted by atomic mass is 10.3. The molecule has 21 heavy (non-hydrogen) atoms. The molecule has 0 unspecified atom stereocenters. The molecular formula is C14H12F3NO2S. The Kier molecular flexibility index (Phi) is 4.22. The smallest absolute Gasteiger partial charge is 0.266 e. The van der Waals surface area contributed by atoms with Crippen molar-refractivity contribution in [3.8, 4) is 0 Å². The molecule has 0 heterocycles. The van der Waals surface area contributed by atoms with Gasteiger partial charge in [0.1, 0.15) is 17.5 Å². The van der Waals surface area contributed by atoms with E-state index in [9.17, 15) is 21.6 Å². The maximum absolute atomic E-state index is 13.7. The molecule has 0 N–H and O–H groups in total. The van der Waals surface area contributed by atoms with Crippen LogP contribution in [-0.4, -0.2) is 15.0 Å². The summed E-state index contributed by atoms with van der Waals surface area (Å²) in [6.07, 6.45) is 0. The number of anilines is 1. The van der Waals surface area contributed by atoms with Crippen LogP contribution in [0.1, 0.15) is 6.92 Å². The Labute approximate surface area is 120 Å². The molecule has 7 heteroatoms. The maximum Gasteiger partial charge on any atom is 0.270 e. The largest absolute Gasteiger partial charge is 0.270 e. The molecule has 0 aliphatic carbocycles. The van der Waals surface area contributed by atoms with Crippen LogP contribution in [-0.2, 0) is 10.0 Å². The Morgan fingerprint density at radius 1 is 1.00 bits per heavy atom. The van der Waals surface area contributed by atoms with Gasteiger partial charge in [-0.15, -0.1) is 0 Å². The Hall–Kier alpha value is -2.02. The lowest BCUT2D eigenvalue weighted by Gasteiger charge is -2.23. The van der Waals surface area contributed by atoms with Crippen molar-refractivity contribution in [1.82, 2.24) is 0 Å². The van der Waals surface area contributed by atoms with E-state index >= 15 is 0 Å². The minimum Gasteiger partial charge on any atom is -0.266 e. The molecule has 112 valence electrons. The minimum atomic E-state index is -4.47. The number of hydrogen-bond acceptors (Lipinski definition) is 2. The second-order valence-corrected chi connectivity index (χ2v) is 6.00. The van der Waals surface area contributed by atoms with Crippen LogP contribution in [0.25, 0.3) is 0 Å². The standard InChI is InChI=1S/C14H12F3NO2S/c1-2-18(11-6-3-5-10(15)9-11)21(19,20)14-12(16)7-4-8-13(14)17/h3-9H,2H2,1H3. The highest BCUT2D eigenvalue weighted by Gasteiger charge is 2.30. The van der Waals surface area contributed by atoms with Crippen LogP contribution < -0.4 is 4.31 Å². The summed E-state index contributed by atoms with van der Waals surface area (Å²) >= 11 is 0. The van der Waals surface area contributed by atoms with Gasteiger partial charge >= 0.3 is 0 Å². The molecule has 2 rings (SSSR count). The second kappa shape index (κ2) is 5.77. The van der Waals surface area contributed by atoms with Gasteiger partial charge in [0.2, 0.25) is 0 Å². The minimum absolute atomic E-state index is 0.000142. The van der Waals surface area contributed by atoms with E-state index in [1.54, 1.807) is 0 Å². The summed E-state index contributed by atoms with van der Waals surface area (Å²) in [5.74, 6) is -3.02. The molecule has 0 bridgehead atoms. The fourth-order valence-electron chi connectivity index (χ4n) is 1.96. The molecule has 3 nitrogen and oxygen atoms in total. The second-order valence-electron chi connectivity index (χ2n) is 4.20. The summed E-state index contributed by atoms with van der Waals surface area (Å²) in [6.45, 7) is 1.39. The van der Waals surface area contributed by atoms with Crippen LogP contribution in [0.3, 0.4) is 0 Å². The van der Waals surface area contributed by atoms with Crippen molar-refractivity contribution in [3.63, 3.8) is 0 Å². The van der Waals surface area contributed by atoms with Gasteiger partial charge < -0.3 is 0 Å². The highest BCUT2D eigenvalue weighted by atomic mass is 32.2. The van der Waals surface area contributed by atoms with Gasteiger partial charge in [-0.2, -0.15) is 0 Å². The topological polar surface area (TPSA) is 37.4 Å². The van der Waals surface area contributed by atoms with Gasteiger partial charge in [-0.3, -0.25) is 4.31 Å². The first-order chi connectivity index (χ1) is 9.87. The summed E-state index contributed by atoms with van der Waals surface area (Å²) in [4.78, 5) is -1.05. The summed E-state index contributed by atoms with van der Waals surface area (Å²) in [5.41, 5.74) is 0.000142. The Balaban J connectivity index is 2.61. The van der Waals surface area contributed by atoms with Gasteiger partial charge in [-0.1, -0.05) is 12.1 Å². The van der Waals surface area contributed by atoms with Crippen molar-refractivity contribution < 1.29 is 21.6 Å². The van der Waals surface area contributed by atoms with E-state index < -0.39 is 32.4 Å². The van der Waals surface area contributed by atoms with Gasteiger partial charge in [0.15, 0.2) is 4.90 Å². The normalized spacial score (nSPS) is 11.4. The number of benzene rings is 2. The zero-order chi connectivity index (χ0) is 15.6. The first-order valence-corrected chi connectivity index (χ1v) is 7.54. The number of halogens is 3. The van der Waals surface area contributed by atoms with Crippen molar-refractivity contribution >= 4 is 15.7 Å². The van der Waals surface area contributed by atoms with Crippen molar-refractivity contribution in [2.45, 2.75) is 11.8 Å². The summed E-state index contributed by atoms with van der Waals surface area (Å²) < 4.78 is 66.3. The summed E-state index contributed by atoms with van der Waals surface area (Å²) in [6, 6.07) is 7.59. The first kappa shape index (κ1) is 15.4. The number of rotatable bonds is 4. The average molecular weight is 315 g/mol. The van der Waals surface area contributed by atoms with E-state index in [0.717, 1.165) is 34.6 Å². The monoisotopic (exact) mass is 315 g/mol. The van der Waals surface area contributed by atoms with Crippen LogP contribution in [0, 0.1) is 17.5 Å². The zero-order valence-corrected chi connectivity index (χ0v) is 11.9. The highest BCUT2D eigenvalue weighted by Crippen LogP contribution is 2.27. The van der Waals surface area contributed by atoms with E-state index in [1.807, 2.05) is 0 Å². The molecule has 0 amide bonds.